The van der Waals surface area contributed by atoms with Gasteiger partial charge in [0.1, 0.15) is 5.75 Å². The minimum Gasteiger partial charge on any atom is -0.496 e. The van der Waals surface area contributed by atoms with Crippen molar-refractivity contribution in [3.63, 3.8) is 0 Å². The summed E-state index contributed by atoms with van der Waals surface area (Å²) in [6.45, 7) is 0. The fourth-order valence-corrected chi connectivity index (χ4v) is 1.82. The Morgan fingerprint density at radius 1 is 1.11 bits per heavy atom. The number of carboxylic acids is 1. The number of carbonyl (C=O) groups is 1. The highest BCUT2D eigenvalue weighted by Crippen LogP contribution is 2.27. The molecule has 0 heterocycles. The van der Waals surface area contributed by atoms with Crippen LogP contribution in [0.4, 0.5) is 0 Å². The van der Waals surface area contributed by atoms with Crippen molar-refractivity contribution in [2.24, 2.45) is 0 Å². The van der Waals surface area contributed by atoms with Crippen LogP contribution in [0.5, 0.6) is 5.75 Å². The van der Waals surface area contributed by atoms with Crippen molar-refractivity contribution in [1.29, 1.82) is 0 Å². The van der Waals surface area contributed by atoms with Gasteiger partial charge in [0.15, 0.2) is 0 Å². The van der Waals surface area contributed by atoms with Crippen molar-refractivity contribution in [3.05, 3.63) is 60.2 Å². The highest BCUT2D eigenvalue weighted by atomic mass is 16.5. The second-order valence-electron chi connectivity index (χ2n) is 3.99. The zero-order chi connectivity index (χ0) is 13.7. The summed E-state index contributed by atoms with van der Waals surface area (Å²) in [5.41, 5.74) is 2.86. The smallest absolute Gasteiger partial charge is 0.328 e. The Balaban J connectivity index is 2.39. The lowest BCUT2D eigenvalue weighted by atomic mass is 10.0. The Morgan fingerprint density at radius 3 is 2.47 bits per heavy atom. The van der Waals surface area contributed by atoms with Gasteiger partial charge in [0.05, 0.1) is 7.11 Å². The summed E-state index contributed by atoms with van der Waals surface area (Å²) in [7, 11) is 1.57. The van der Waals surface area contributed by atoms with Crippen LogP contribution in [-0.2, 0) is 4.79 Å². The van der Waals surface area contributed by atoms with Crippen LogP contribution in [-0.4, -0.2) is 18.2 Å². The number of aliphatic carboxylic acids is 1. The lowest BCUT2D eigenvalue weighted by molar-refractivity contribution is -0.131. The molecule has 0 saturated heterocycles. The molecule has 19 heavy (non-hydrogen) atoms. The summed E-state index contributed by atoms with van der Waals surface area (Å²) in [5.74, 6) is -0.326. The minimum atomic E-state index is -0.978. The Hall–Kier alpha value is -2.55. The number of hydrogen-bond donors (Lipinski definition) is 1. The summed E-state index contributed by atoms with van der Waals surface area (Å²) in [6, 6.07) is 15.6. The summed E-state index contributed by atoms with van der Waals surface area (Å²) < 4.78 is 5.30. The fourth-order valence-electron chi connectivity index (χ4n) is 1.82. The van der Waals surface area contributed by atoms with Crippen LogP contribution in [0.2, 0.25) is 0 Å². The van der Waals surface area contributed by atoms with Gasteiger partial charge in [-0.25, -0.2) is 4.79 Å². The molecule has 0 unspecified atom stereocenters. The quantitative estimate of drug-likeness (QED) is 0.850. The van der Waals surface area contributed by atoms with Crippen LogP contribution >= 0.6 is 0 Å². The number of benzene rings is 2. The third-order valence-corrected chi connectivity index (χ3v) is 2.75. The predicted octanol–water partition coefficient (Wildman–Crippen LogP) is 3.46. The van der Waals surface area contributed by atoms with Crippen molar-refractivity contribution in [1.82, 2.24) is 0 Å². The number of carboxylic acid groups (broad SMARTS) is 1. The van der Waals surface area contributed by atoms with E-state index in [2.05, 4.69) is 0 Å². The van der Waals surface area contributed by atoms with Gasteiger partial charge in [0.25, 0.3) is 0 Å². The first kappa shape index (κ1) is 12.9. The monoisotopic (exact) mass is 254 g/mol. The molecule has 0 aliphatic carbocycles. The van der Waals surface area contributed by atoms with Crippen molar-refractivity contribution >= 4 is 12.0 Å². The summed E-state index contributed by atoms with van der Waals surface area (Å²) in [5, 5.41) is 8.64. The first-order chi connectivity index (χ1) is 9.20. The maximum Gasteiger partial charge on any atom is 0.328 e. The van der Waals surface area contributed by atoms with Gasteiger partial charge in [0.2, 0.25) is 0 Å². The average Bonchev–Trinajstić information content (AvgIpc) is 2.45. The Morgan fingerprint density at radius 2 is 1.84 bits per heavy atom. The Labute approximate surface area is 111 Å². The summed E-state index contributed by atoms with van der Waals surface area (Å²) in [4.78, 5) is 10.5. The first-order valence-electron chi connectivity index (χ1n) is 5.85. The molecule has 2 aromatic carbocycles. The van der Waals surface area contributed by atoms with E-state index in [0.717, 1.165) is 22.8 Å². The summed E-state index contributed by atoms with van der Waals surface area (Å²) >= 11 is 0. The van der Waals surface area contributed by atoms with Crippen LogP contribution in [0.15, 0.2) is 54.6 Å². The van der Waals surface area contributed by atoms with Crippen LogP contribution in [0.3, 0.4) is 0 Å². The van der Waals surface area contributed by atoms with Gasteiger partial charge >= 0.3 is 5.97 Å². The van der Waals surface area contributed by atoms with Crippen molar-refractivity contribution < 1.29 is 14.6 Å². The van der Waals surface area contributed by atoms with Crippen LogP contribution in [0, 0.1) is 0 Å². The molecule has 0 radical (unpaired) electrons. The topological polar surface area (TPSA) is 46.5 Å². The van der Waals surface area contributed by atoms with E-state index in [1.54, 1.807) is 7.11 Å². The largest absolute Gasteiger partial charge is 0.496 e. The van der Waals surface area contributed by atoms with Crippen LogP contribution < -0.4 is 4.74 Å². The molecule has 2 aromatic rings. The maximum absolute atomic E-state index is 10.5. The van der Waals surface area contributed by atoms with E-state index >= 15 is 0 Å². The molecule has 0 spiro atoms. The molecule has 0 saturated carbocycles. The van der Waals surface area contributed by atoms with Gasteiger partial charge < -0.3 is 9.84 Å². The minimum absolute atomic E-state index is 0.652. The van der Waals surface area contributed by atoms with Gasteiger partial charge in [-0.15, -0.1) is 0 Å². The number of ether oxygens (including phenoxy) is 1. The van der Waals surface area contributed by atoms with Gasteiger partial charge in [0, 0.05) is 11.6 Å². The lowest BCUT2D eigenvalue weighted by Crippen LogP contribution is -1.90. The molecule has 3 nitrogen and oxygen atoms in total. The highest BCUT2D eigenvalue weighted by Gasteiger charge is 2.04. The van der Waals surface area contributed by atoms with E-state index < -0.39 is 5.97 Å². The molecule has 2 rings (SSSR count). The Bertz CT molecular complexity index is 601. The molecule has 0 aliphatic rings. The van der Waals surface area contributed by atoms with E-state index in [-0.39, 0.29) is 0 Å². The first-order valence-corrected chi connectivity index (χ1v) is 5.85. The standard InChI is InChI=1S/C16H14O3/c1-19-15-11-14(12-5-3-2-4-6-12)8-7-13(15)9-10-16(17)18/h2-11H,1H3,(H,17,18)/b10-9-. The molecular weight excluding hydrogens is 240 g/mol. The second kappa shape index (κ2) is 5.87. The van der Waals surface area contributed by atoms with Crippen molar-refractivity contribution in [2.75, 3.05) is 7.11 Å². The molecule has 0 fully saturated rings. The van der Waals surface area contributed by atoms with Gasteiger partial charge in [-0.2, -0.15) is 0 Å². The lowest BCUT2D eigenvalue weighted by Gasteiger charge is -2.08. The van der Waals surface area contributed by atoms with Crippen molar-refractivity contribution in [3.8, 4) is 16.9 Å². The van der Waals surface area contributed by atoms with E-state index in [4.69, 9.17) is 9.84 Å². The zero-order valence-electron chi connectivity index (χ0n) is 10.5. The van der Waals surface area contributed by atoms with Crippen molar-refractivity contribution in [2.45, 2.75) is 0 Å². The summed E-state index contributed by atoms with van der Waals surface area (Å²) in [6.07, 6.45) is 2.62. The Kier molecular flexibility index (Phi) is 3.98. The molecule has 0 aliphatic heterocycles. The number of rotatable bonds is 4. The number of methoxy groups -OCH3 is 1. The average molecular weight is 254 g/mol. The predicted molar refractivity (Wildman–Crippen MR) is 75.1 cm³/mol. The molecule has 1 N–H and O–H groups in total. The molecule has 0 bridgehead atoms. The molecule has 0 atom stereocenters. The van der Waals surface area contributed by atoms with Gasteiger partial charge in [-0.3, -0.25) is 0 Å². The van der Waals surface area contributed by atoms with Gasteiger partial charge in [-0.1, -0.05) is 42.5 Å². The third kappa shape index (κ3) is 3.22. The van der Waals surface area contributed by atoms with Crippen LogP contribution in [0.1, 0.15) is 5.56 Å². The molecular formula is C16H14O3. The zero-order valence-corrected chi connectivity index (χ0v) is 10.5. The van der Waals surface area contributed by atoms with E-state index in [1.807, 2.05) is 48.5 Å². The highest BCUT2D eigenvalue weighted by molar-refractivity contribution is 5.86. The molecule has 96 valence electrons. The SMILES string of the molecule is COc1cc(-c2ccccc2)ccc1/C=C\C(=O)O. The maximum atomic E-state index is 10.5. The number of hydrogen-bond acceptors (Lipinski definition) is 2. The third-order valence-electron chi connectivity index (χ3n) is 2.75. The van der Waals surface area contributed by atoms with Gasteiger partial charge in [-0.05, 0) is 23.3 Å². The fraction of sp³-hybridized carbons (Fsp3) is 0.0625. The normalized spacial score (nSPS) is 10.6. The molecule has 3 heteroatoms. The second-order valence-corrected chi connectivity index (χ2v) is 3.99. The molecule has 0 aromatic heterocycles. The van der Waals surface area contributed by atoms with Crippen LogP contribution in [0.25, 0.3) is 17.2 Å². The molecule has 0 amide bonds. The van der Waals surface area contributed by atoms with E-state index in [1.165, 1.54) is 6.08 Å². The van der Waals surface area contributed by atoms with E-state index in [0.29, 0.717) is 5.75 Å². The van der Waals surface area contributed by atoms with E-state index in [9.17, 15) is 4.79 Å².